The van der Waals surface area contributed by atoms with Gasteiger partial charge in [-0.25, -0.2) is 0 Å². The molecule has 2 atom stereocenters. The Morgan fingerprint density at radius 1 is 1.19 bits per heavy atom. The van der Waals surface area contributed by atoms with Crippen LogP contribution >= 0.6 is 7.60 Å². The zero-order chi connectivity index (χ0) is 12.2. The van der Waals surface area contributed by atoms with Gasteiger partial charge < -0.3 is 21.3 Å². The van der Waals surface area contributed by atoms with E-state index in [2.05, 4.69) is 0 Å². The summed E-state index contributed by atoms with van der Waals surface area (Å²) in [7, 11) is -3.93. The summed E-state index contributed by atoms with van der Waals surface area (Å²) in [4.78, 5) is 17.5. The Hall–Kier alpha value is 0.0700. The van der Waals surface area contributed by atoms with E-state index in [1.165, 1.54) is 19.3 Å². The van der Waals surface area contributed by atoms with Crippen LogP contribution in [0.2, 0.25) is 0 Å². The lowest BCUT2D eigenvalue weighted by Gasteiger charge is -2.31. The molecule has 0 aromatic carbocycles. The molecule has 0 saturated heterocycles. The summed E-state index contributed by atoms with van der Waals surface area (Å²) in [6, 6.07) is -0.414. The lowest BCUT2D eigenvalue weighted by Crippen LogP contribution is -2.47. The van der Waals surface area contributed by atoms with Crippen LogP contribution in [0.25, 0.3) is 0 Å². The van der Waals surface area contributed by atoms with Crippen molar-refractivity contribution in [1.29, 1.82) is 0 Å². The minimum Gasteiger partial charge on any atom is -0.326 e. The molecule has 0 spiro atoms. The van der Waals surface area contributed by atoms with Crippen LogP contribution < -0.4 is 11.5 Å². The van der Waals surface area contributed by atoms with Crippen molar-refractivity contribution in [3.8, 4) is 0 Å². The van der Waals surface area contributed by atoms with Crippen LogP contribution in [0, 0.1) is 5.92 Å². The third-order valence-corrected chi connectivity index (χ3v) is 4.28. The van der Waals surface area contributed by atoms with Gasteiger partial charge >= 0.3 is 7.60 Å². The summed E-state index contributed by atoms with van der Waals surface area (Å²) in [6.45, 7) is 0. The third kappa shape index (κ3) is 4.93. The summed E-state index contributed by atoms with van der Waals surface area (Å²) in [5.74, 6) is 0.431. The summed E-state index contributed by atoms with van der Waals surface area (Å²) >= 11 is 0. The fourth-order valence-electron chi connectivity index (χ4n) is 2.38. The van der Waals surface area contributed by atoms with Gasteiger partial charge in [0.2, 0.25) is 0 Å². The van der Waals surface area contributed by atoms with Crippen molar-refractivity contribution >= 4 is 7.60 Å². The molecule has 0 radical (unpaired) electrons. The molecule has 6 heteroatoms. The number of hydrogen-bond donors (Lipinski definition) is 4. The Morgan fingerprint density at radius 3 is 2.25 bits per heavy atom. The van der Waals surface area contributed by atoms with Crippen LogP contribution in [-0.2, 0) is 4.57 Å². The maximum Gasteiger partial charge on any atom is 0.325 e. The first-order valence-corrected chi connectivity index (χ1v) is 7.75. The van der Waals surface area contributed by atoms with Gasteiger partial charge in [0.1, 0.15) is 0 Å². The Kier molecular flexibility index (Phi) is 5.41. The maximum atomic E-state index is 10.7. The van der Waals surface area contributed by atoms with E-state index in [-0.39, 0.29) is 18.2 Å². The van der Waals surface area contributed by atoms with Crippen LogP contribution in [0.5, 0.6) is 0 Å². The lowest BCUT2D eigenvalue weighted by atomic mass is 9.81. The molecule has 5 nitrogen and oxygen atoms in total. The van der Waals surface area contributed by atoms with Gasteiger partial charge in [0, 0.05) is 12.1 Å². The standard InChI is InChI=1S/C10H23N2O3P/c11-9(6-7-16(13,14)15)10(12)8-4-2-1-3-5-8/h8-10H,1-7,11-12H2,(H2,13,14,15). The van der Waals surface area contributed by atoms with E-state index in [1.54, 1.807) is 0 Å². The predicted octanol–water partition coefficient (Wildman–Crippen LogP) is 0.789. The first-order valence-electron chi connectivity index (χ1n) is 5.96. The number of nitrogens with two attached hydrogens (primary N) is 2. The summed E-state index contributed by atoms with van der Waals surface area (Å²) in [5.41, 5.74) is 11.9. The van der Waals surface area contributed by atoms with Gasteiger partial charge in [-0.1, -0.05) is 19.3 Å². The zero-order valence-corrected chi connectivity index (χ0v) is 10.5. The average Bonchev–Trinajstić information content (AvgIpc) is 2.25. The van der Waals surface area contributed by atoms with Crippen LogP contribution in [-0.4, -0.2) is 28.0 Å². The molecule has 0 aromatic rings. The van der Waals surface area contributed by atoms with E-state index >= 15 is 0 Å². The SMILES string of the molecule is NC(CCP(=O)(O)O)C(N)C1CCCCC1. The highest BCUT2D eigenvalue weighted by Crippen LogP contribution is 2.36. The molecule has 1 rings (SSSR count). The normalized spacial score (nSPS) is 23.0. The van der Waals surface area contributed by atoms with Crippen molar-refractivity contribution in [2.45, 2.75) is 50.6 Å². The Morgan fingerprint density at radius 2 is 1.75 bits per heavy atom. The number of hydrogen-bond acceptors (Lipinski definition) is 3. The largest absolute Gasteiger partial charge is 0.326 e. The molecule has 0 bridgehead atoms. The zero-order valence-electron chi connectivity index (χ0n) is 9.59. The highest BCUT2D eigenvalue weighted by Gasteiger charge is 2.26. The van der Waals surface area contributed by atoms with Gasteiger partial charge in [0.05, 0.1) is 6.16 Å². The van der Waals surface area contributed by atoms with Crippen molar-refractivity contribution in [1.82, 2.24) is 0 Å². The molecule has 1 aliphatic carbocycles. The minimum absolute atomic E-state index is 0.119. The molecule has 96 valence electrons. The fourth-order valence-corrected chi connectivity index (χ4v) is 3.01. The van der Waals surface area contributed by atoms with Crippen molar-refractivity contribution in [3.05, 3.63) is 0 Å². The Balaban J connectivity index is 2.34. The van der Waals surface area contributed by atoms with Gasteiger partial charge in [0.25, 0.3) is 0 Å². The predicted molar refractivity (Wildman–Crippen MR) is 64.1 cm³/mol. The van der Waals surface area contributed by atoms with Gasteiger partial charge in [0.15, 0.2) is 0 Å². The highest BCUT2D eigenvalue weighted by molar-refractivity contribution is 7.51. The molecular weight excluding hydrogens is 227 g/mol. The first-order chi connectivity index (χ1) is 7.40. The molecule has 1 saturated carbocycles. The molecule has 6 N–H and O–H groups in total. The van der Waals surface area contributed by atoms with Crippen LogP contribution in [0.4, 0.5) is 0 Å². The highest BCUT2D eigenvalue weighted by atomic mass is 31.2. The fraction of sp³-hybridized carbons (Fsp3) is 1.00. The van der Waals surface area contributed by atoms with E-state index < -0.39 is 7.60 Å². The second kappa shape index (κ2) is 6.12. The second-order valence-corrected chi connectivity index (χ2v) is 6.59. The smallest absolute Gasteiger partial charge is 0.325 e. The molecule has 0 aromatic heterocycles. The Bertz CT molecular complexity index is 250. The van der Waals surface area contributed by atoms with Gasteiger partial charge in [-0.15, -0.1) is 0 Å². The molecule has 16 heavy (non-hydrogen) atoms. The van der Waals surface area contributed by atoms with Crippen molar-refractivity contribution < 1.29 is 14.4 Å². The summed E-state index contributed by atoms with van der Waals surface area (Å²) in [6.07, 6.45) is 6.01. The van der Waals surface area contributed by atoms with Crippen molar-refractivity contribution in [2.75, 3.05) is 6.16 Å². The lowest BCUT2D eigenvalue weighted by molar-refractivity contribution is 0.273. The monoisotopic (exact) mass is 250 g/mol. The van der Waals surface area contributed by atoms with E-state index in [9.17, 15) is 4.57 Å². The molecule has 0 heterocycles. The molecule has 0 aliphatic heterocycles. The van der Waals surface area contributed by atoms with Gasteiger partial charge in [-0.2, -0.15) is 0 Å². The average molecular weight is 250 g/mol. The van der Waals surface area contributed by atoms with Crippen LogP contribution in [0.3, 0.4) is 0 Å². The minimum atomic E-state index is -3.93. The van der Waals surface area contributed by atoms with Crippen LogP contribution in [0.15, 0.2) is 0 Å². The summed E-state index contributed by atoms with van der Waals surface area (Å²) in [5, 5.41) is 0. The van der Waals surface area contributed by atoms with E-state index in [4.69, 9.17) is 21.3 Å². The quantitative estimate of drug-likeness (QED) is 0.539. The maximum absolute atomic E-state index is 10.7. The topological polar surface area (TPSA) is 110 Å². The van der Waals surface area contributed by atoms with E-state index in [0.717, 1.165) is 12.8 Å². The third-order valence-electron chi connectivity index (χ3n) is 3.44. The van der Waals surface area contributed by atoms with Gasteiger partial charge in [-0.3, -0.25) is 4.57 Å². The van der Waals surface area contributed by atoms with Crippen LogP contribution in [0.1, 0.15) is 38.5 Å². The molecule has 1 aliphatic rings. The van der Waals surface area contributed by atoms with E-state index in [0.29, 0.717) is 12.3 Å². The first kappa shape index (κ1) is 14.1. The molecule has 0 amide bonds. The van der Waals surface area contributed by atoms with Crippen molar-refractivity contribution in [2.24, 2.45) is 17.4 Å². The summed E-state index contributed by atoms with van der Waals surface area (Å²) < 4.78 is 10.7. The second-order valence-electron chi connectivity index (χ2n) is 4.82. The van der Waals surface area contributed by atoms with Gasteiger partial charge in [-0.05, 0) is 25.2 Å². The Labute approximate surface area is 96.7 Å². The van der Waals surface area contributed by atoms with Crippen molar-refractivity contribution in [3.63, 3.8) is 0 Å². The molecule has 1 fully saturated rings. The van der Waals surface area contributed by atoms with E-state index in [1.807, 2.05) is 0 Å². The molecular formula is C10H23N2O3P. The number of rotatable bonds is 5. The molecule has 2 unspecified atom stereocenters.